The van der Waals surface area contributed by atoms with Gasteiger partial charge in [-0.2, -0.15) is 0 Å². The van der Waals surface area contributed by atoms with Crippen LogP contribution in [0.5, 0.6) is 5.75 Å². The fraction of sp³-hybridized carbons (Fsp3) is 0.316. The highest BCUT2D eigenvalue weighted by Crippen LogP contribution is 2.19. The molecular formula is C19H23NO2. The zero-order chi connectivity index (χ0) is 16.1. The van der Waals surface area contributed by atoms with E-state index in [1.54, 1.807) is 0 Å². The monoisotopic (exact) mass is 297 g/mol. The average molecular weight is 297 g/mol. The summed E-state index contributed by atoms with van der Waals surface area (Å²) < 4.78 is 5.64. The molecule has 0 radical (unpaired) electrons. The standard InChI is InChI=1S/C19H23NO2/c1-13-8-9-17(12-15(13)3)22-11-10-19(21)20-18-7-5-6-14(2)16(18)4/h5-9,12H,10-11H2,1-4H3,(H,20,21). The summed E-state index contributed by atoms with van der Waals surface area (Å²) in [5.41, 5.74) is 5.57. The lowest BCUT2D eigenvalue weighted by Crippen LogP contribution is -2.16. The first-order chi connectivity index (χ1) is 10.5. The van der Waals surface area contributed by atoms with Crippen LogP contribution < -0.4 is 10.1 Å². The van der Waals surface area contributed by atoms with Gasteiger partial charge in [-0.3, -0.25) is 4.79 Å². The van der Waals surface area contributed by atoms with Gasteiger partial charge >= 0.3 is 0 Å². The van der Waals surface area contributed by atoms with Gasteiger partial charge in [-0.15, -0.1) is 0 Å². The molecule has 3 nitrogen and oxygen atoms in total. The smallest absolute Gasteiger partial charge is 0.227 e. The molecule has 2 rings (SSSR count). The van der Waals surface area contributed by atoms with Crippen molar-refractivity contribution >= 4 is 11.6 Å². The Kier molecular flexibility index (Phi) is 5.21. The normalized spacial score (nSPS) is 10.4. The molecule has 2 aromatic carbocycles. The molecular weight excluding hydrogens is 274 g/mol. The molecule has 22 heavy (non-hydrogen) atoms. The van der Waals surface area contributed by atoms with Gasteiger partial charge in [0, 0.05) is 5.69 Å². The molecule has 0 aliphatic rings. The quantitative estimate of drug-likeness (QED) is 0.892. The van der Waals surface area contributed by atoms with E-state index in [2.05, 4.69) is 19.2 Å². The molecule has 0 bridgehead atoms. The highest BCUT2D eigenvalue weighted by molar-refractivity contribution is 5.91. The molecule has 0 spiro atoms. The first-order valence-electron chi connectivity index (χ1n) is 7.53. The van der Waals surface area contributed by atoms with E-state index in [0.29, 0.717) is 13.0 Å². The van der Waals surface area contributed by atoms with Crippen molar-refractivity contribution in [3.63, 3.8) is 0 Å². The summed E-state index contributed by atoms with van der Waals surface area (Å²) in [7, 11) is 0. The van der Waals surface area contributed by atoms with Gasteiger partial charge in [-0.1, -0.05) is 18.2 Å². The van der Waals surface area contributed by atoms with E-state index >= 15 is 0 Å². The topological polar surface area (TPSA) is 38.3 Å². The predicted octanol–water partition coefficient (Wildman–Crippen LogP) is 4.33. The molecule has 2 aromatic rings. The Hall–Kier alpha value is -2.29. The van der Waals surface area contributed by atoms with Crippen LogP contribution in [0.1, 0.15) is 28.7 Å². The van der Waals surface area contributed by atoms with E-state index < -0.39 is 0 Å². The summed E-state index contributed by atoms with van der Waals surface area (Å²) in [5, 5.41) is 2.94. The molecule has 0 saturated carbocycles. The van der Waals surface area contributed by atoms with Crippen LogP contribution in [0, 0.1) is 27.7 Å². The molecule has 0 aliphatic carbocycles. The van der Waals surface area contributed by atoms with Crippen molar-refractivity contribution in [2.75, 3.05) is 11.9 Å². The van der Waals surface area contributed by atoms with Crippen molar-refractivity contribution in [2.45, 2.75) is 34.1 Å². The lowest BCUT2D eigenvalue weighted by Gasteiger charge is -2.11. The van der Waals surface area contributed by atoms with Gasteiger partial charge in [0.15, 0.2) is 0 Å². The van der Waals surface area contributed by atoms with E-state index in [4.69, 9.17) is 4.74 Å². The number of hydrogen-bond acceptors (Lipinski definition) is 2. The molecule has 116 valence electrons. The zero-order valence-corrected chi connectivity index (χ0v) is 13.7. The van der Waals surface area contributed by atoms with Crippen molar-refractivity contribution in [3.8, 4) is 5.75 Å². The van der Waals surface area contributed by atoms with Crippen LogP contribution in [-0.4, -0.2) is 12.5 Å². The van der Waals surface area contributed by atoms with Crippen molar-refractivity contribution in [3.05, 3.63) is 58.7 Å². The van der Waals surface area contributed by atoms with Crippen molar-refractivity contribution in [2.24, 2.45) is 0 Å². The largest absolute Gasteiger partial charge is 0.493 e. The minimum absolute atomic E-state index is 0.0301. The molecule has 1 amide bonds. The Morgan fingerprint density at radius 3 is 2.50 bits per heavy atom. The van der Waals surface area contributed by atoms with E-state index in [9.17, 15) is 4.79 Å². The second-order valence-corrected chi connectivity index (χ2v) is 5.64. The Balaban J connectivity index is 1.85. The van der Waals surface area contributed by atoms with Gasteiger partial charge in [0.25, 0.3) is 0 Å². The van der Waals surface area contributed by atoms with Crippen LogP contribution in [0.15, 0.2) is 36.4 Å². The molecule has 0 saturated heterocycles. The van der Waals surface area contributed by atoms with Gasteiger partial charge in [-0.25, -0.2) is 0 Å². The SMILES string of the molecule is Cc1ccc(OCCC(=O)Nc2cccc(C)c2C)cc1C. The summed E-state index contributed by atoms with van der Waals surface area (Å²) in [6, 6.07) is 11.9. The maximum atomic E-state index is 12.0. The van der Waals surface area contributed by atoms with Gasteiger partial charge in [0.1, 0.15) is 5.75 Å². The minimum atomic E-state index is -0.0301. The van der Waals surface area contributed by atoms with Crippen molar-refractivity contribution in [1.29, 1.82) is 0 Å². The molecule has 0 heterocycles. The number of aryl methyl sites for hydroxylation is 3. The third-order valence-electron chi connectivity index (χ3n) is 3.95. The second-order valence-electron chi connectivity index (χ2n) is 5.64. The fourth-order valence-corrected chi connectivity index (χ4v) is 2.16. The number of anilines is 1. The van der Waals surface area contributed by atoms with E-state index in [0.717, 1.165) is 17.0 Å². The van der Waals surface area contributed by atoms with Gasteiger partial charge in [0.05, 0.1) is 13.0 Å². The summed E-state index contributed by atoms with van der Waals surface area (Å²) in [6.45, 7) is 8.54. The minimum Gasteiger partial charge on any atom is -0.493 e. The average Bonchev–Trinajstić information content (AvgIpc) is 2.48. The molecule has 0 aromatic heterocycles. The fourth-order valence-electron chi connectivity index (χ4n) is 2.16. The second kappa shape index (κ2) is 7.12. The van der Waals surface area contributed by atoms with Gasteiger partial charge < -0.3 is 10.1 Å². The molecule has 3 heteroatoms. The summed E-state index contributed by atoms with van der Waals surface area (Å²) >= 11 is 0. The van der Waals surface area contributed by atoms with Gasteiger partial charge in [0.2, 0.25) is 5.91 Å². The first kappa shape index (κ1) is 16.1. The van der Waals surface area contributed by atoms with E-state index in [1.807, 2.05) is 50.2 Å². The maximum absolute atomic E-state index is 12.0. The number of benzene rings is 2. The Bertz CT molecular complexity index is 677. The number of hydrogen-bond donors (Lipinski definition) is 1. The van der Waals surface area contributed by atoms with Crippen LogP contribution in [-0.2, 0) is 4.79 Å². The number of carbonyl (C=O) groups is 1. The number of amides is 1. The zero-order valence-electron chi connectivity index (χ0n) is 13.7. The van der Waals surface area contributed by atoms with Crippen molar-refractivity contribution in [1.82, 2.24) is 0 Å². The molecule has 0 unspecified atom stereocenters. The summed E-state index contributed by atoms with van der Waals surface area (Å²) in [4.78, 5) is 12.0. The van der Waals surface area contributed by atoms with E-state index in [-0.39, 0.29) is 5.91 Å². The van der Waals surface area contributed by atoms with Crippen LogP contribution in [0.2, 0.25) is 0 Å². The maximum Gasteiger partial charge on any atom is 0.227 e. The number of carbonyl (C=O) groups excluding carboxylic acids is 1. The number of ether oxygens (including phenoxy) is 1. The Labute approximate surface area is 132 Å². The third-order valence-corrected chi connectivity index (χ3v) is 3.95. The molecule has 1 N–H and O–H groups in total. The summed E-state index contributed by atoms with van der Waals surface area (Å²) in [6.07, 6.45) is 0.334. The lowest BCUT2D eigenvalue weighted by molar-refractivity contribution is -0.116. The van der Waals surface area contributed by atoms with Crippen molar-refractivity contribution < 1.29 is 9.53 Å². The van der Waals surface area contributed by atoms with Gasteiger partial charge in [-0.05, 0) is 68.1 Å². The Morgan fingerprint density at radius 2 is 1.77 bits per heavy atom. The third kappa shape index (κ3) is 4.10. The first-order valence-corrected chi connectivity index (χ1v) is 7.53. The molecule has 0 fully saturated rings. The van der Waals surface area contributed by atoms with Crippen LogP contribution in [0.3, 0.4) is 0 Å². The van der Waals surface area contributed by atoms with Crippen LogP contribution >= 0.6 is 0 Å². The predicted molar refractivity (Wildman–Crippen MR) is 90.6 cm³/mol. The highest BCUT2D eigenvalue weighted by atomic mass is 16.5. The lowest BCUT2D eigenvalue weighted by atomic mass is 10.1. The van der Waals surface area contributed by atoms with E-state index in [1.165, 1.54) is 16.7 Å². The number of rotatable bonds is 5. The highest BCUT2D eigenvalue weighted by Gasteiger charge is 2.06. The van der Waals surface area contributed by atoms with Crippen LogP contribution in [0.4, 0.5) is 5.69 Å². The molecule has 0 atom stereocenters. The van der Waals surface area contributed by atoms with Crippen LogP contribution in [0.25, 0.3) is 0 Å². The summed E-state index contributed by atoms with van der Waals surface area (Å²) in [5.74, 6) is 0.778. The number of nitrogens with one attached hydrogen (secondary N) is 1. The molecule has 0 aliphatic heterocycles. The Morgan fingerprint density at radius 1 is 1.00 bits per heavy atom.